The molecular weight excluding hydrogens is 428 g/mol. The molecule has 0 aromatic heterocycles. The average Bonchev–Trinajstić information content (AvgIpc) is 3.16. The Morgan fingerprint density at radius 2 is 1.77 bits per heavy atom. The highest BCUT2D eigenvalue weighted by Gasteiger charge is 2.59. The molecule has 0 spiro atoms. The van der Waals surface area contributed by atoms with E-state index in [1.165, 1.54) is 57.8 Å². The SMILES string of the molecule is CC[C@H](CCC(C)C1CCC2[C@@H]3CC=C4C[C@@H](OC(=O)C(C)C)CC[C@]4(C)C3CC[C@]12C)C(C)C.[HH].[HH].[HH]. The predicted octanol–water partition coefficient (Wildman–Crippen LogP) is 9.97. The second-order valence-corrected chi connectivity index (χ2v) is 14.4. The number of hydrogen-bond acceptors (Lipinski definition) is 2. The summed E-state index contributed by atoms with van der Waals surface area (Å²) in [4.78, 5) is 12.2. The summed E-state index contributed by atoms with van der Waals surface area (Å²) in [7, 11) is 0. The third-order valence-corrected chi connectivity index (χ3v) is 12.0. The maximum atomic E-state index is 12.2. The monoisotopic (exact) mass is 490 g/mol. The summed E-state index contributed by atoms with van der Waals surface area (Å²) >= 11 is 0. The molecule has 206 valence electrons. The van der Waals surface area contributed by atoms with E-state index < -0.39 is 0 Å². The zero-order chi connectivity index (χ0) is 25.5. The van der Waals surface area contributed by atoms with E-state index in [1.807, 2.05) is 13.8 Å². The first-order valence-corrected chi connectivity index (χ1v) is 15.4. The molecule has 0 radical (unpaired) electrons. The Morgan fingerprint density at radius 3 is 2.43 bits per heavy atom. The normalized spacial score (nSPS) is 40.5. The minimum absolute atomic E-state index is 0. The molecule has 4 aliphatic rings. The van der Waals surface area contributed by atoms with Crippen LogP contribution in [0.5, 0.6) is 0 Å². The standard InChI is InChI=1S/C33H56O2.3H2/c1-9-24(21(2)3)11-10-23(6)28-14-15-29-27-13-12-25-20-26(35-31(34)22(4)5)16-18-32(25,7)30(27)17-19-33(28,29)8;;;/h12,21-24,26-30H,9-11,13-20H2,1-8H3;3*1H/t23?,24-,26+,27+,28?,29?,30?,32+,33-;;;/m1.../s1. The van der Waals surface area contributed by atoms with Crippen LogP contribution in [-0.4, -0.2) is 12.1 Å². The number of allylic oxidation sites excluding steroid dienone is 1. The van der Waals surface area contributed by atoms with Crippen molar-refractivity contribution in [1.82, 2.24) is 0 Å². The van der Waals surface area contributed by atoms with E-state index in [1.54, 1.807) is 5.57 Å². The fraction of sp³-hybridized carbons (Fsp3) is 0.909. The van der Waals surface area contributed by atoms with Crippen LogP contribution in [0.3, 0.4) is 0 Å². The summed E-state index contributed by atoms with van der Waals surface area (Å²) in [6.07, 6.45) is 17.2. The van der Waals surface area contributed by atoms with Gasteiger partial charge in [0.2, 0.25) is 0 Å². The average molecular weight is 491 g/mol. The molecule has 0 bridgehead atoms. The molecule has 3 saturated carbocycles. The summed E-state index contributed by atoms with van der Waals surface area (Å²) in [6.45, 7) is 19.0. The van der Waals surface area contributed by atoms with Crippen molar-refractivity contribution < 1.29 is 13.8 Å². The molecule has 35 heavy (non-hydrogen) atoms. The van der Waals surface area contributed by atoms with Crippen molar-refractivity contribution in [3.63, 3.8) is 0 Å². The Kier molecular flexibility index (Phi) is 8.20. The molecule has 0 heterocycles. The summed E-state index contributed by atoms with van der Waals surface area (Å²) in [5.74, 6) is 6.07. The molecule has 4 rings (SSSR count). The Morgan fingerprint density at radius 1 is 1.03 bits per heavy atom. The minimum Gasteiger partial charge on any atom is -0.462 e. The van der Waals surface area contributed by atoms with Crippen molar-refractivity contribution in [3.8, 4) is 0 Å². The number of ether oxygens (including phenoxy) is 1. The second-order valence-electron chi connectivity index (χ2n) is 14.4. The maximum absolute atomic E-state index is 12.2. The first kappa shape index (κ1) is 27.3. The molecule has 0 aliphatic heterocycles. The van der Waals surface area contributed by atoms with Crippen molar-refractivity contribution in [2.45, 2.75) is 132 Å². The summed E-state index contributed by atoms with van der Waals surface area (Å²) < 4.78 is 5.89. The highest BCUT2D eigenvalue weighted by atomic mass is 16.5. The van der Waals surface area contributed by atoms with E-state index in [2.05, 4.69) is 47.6 Å². The number of rotatable bonds is 8. The Hall–Kier alpha value is -0.790. The minimum atomic E-state index is -0.0278. The first-order chi connectivity index (χ1) is 16.5. The van der Waals surface area contributed by atoms with Crippen LogP contribution >= 0.6 is 0 Å². The van der Waals surface area contributed by atoms with Gasteiger partial charge >= 0.3 is 5.97 Å². The lowest BCUT2D eigenvalue weighted by molar-refractivity contribution is -0.155. The predicted molar refractivity (Wildman–Crippen MR) is 153 cm³/mol. The first-order valence-electron chi connectivity index (χ1n) is 15.4. The van der Waals surface area contributed by atoms with E-state index in [0.717, 1.165) is 54.3 Å². The number of esters is 1. The molecule has 2 heteroatoms. The molecular formula is C33H62O2. The van der Waals surface area contributed by atoms with Gasteiger partial charge < -0.3 is 4.74 Å². The summed E-state index contributed by atoms with van der Waals surface area (Å²) in [6, 6.07) is 0. The highest BCUT2D eigenvalue weighted by molar-refractivity contribution is 5.71. The van der Waals surface area contributed by atoms with Gasteiger partial charge in [-0.3, -0.25) is 4.79 Å². The number of carbonyl (C=O) groups excluding carboxylic acids is 1. The van der Waals surface area contributed by atoms with Gasteiger partial charge in [-0.2, -0.15) is 0 Å². The van der Waals surface area contributed by atoms with Gasteiger partial charge in [-0.15, -0.1) is 0 Å². The third-order valence-electron chi connectivity index (χ3n) is 12.0. The van der Waals surface area contributed by atoms with E-state index in [4.69, 9.17) is 4.74 Å². The van der Waals surface area contributed by atoms with Crippen molar-refractivity contribution in [3.05, 3.63) is 11.6 Å². The van der Waals surface area contributed by atoms with Crippen LogP contribution in [0.25, 0.3) is 0 Å². The van der Waals surface area contributed by atoms with Gasteiger partial charge in [-0.1, -0.05) is 79.9 Å². The Labute approximate surface area is 221 Å². The van der Waals surface area contributed by atoms with E-state index >= 15 is 0 Å². The van der Waals surface area contributed by atoms with E-state index in [-0.39, 0.29) is 22.3 Å². The van der Waals surface area contributed by atoms with Crippen LogP contribution in [0.4, 0.5) is 0 Å². The fourth-order valence-corrected chi connectivity index (χ4v) is 9.69. The molecule has 4 unspecified atom stereocenters. The van der Waals surface area contributed by atoms with E-state index in [0.29, 0.717) is 10.8 Å². The number of hydrogen-bond donors (Lipinski definition) is 0. The molecule has 9 atom stereocenters. The van der Waals surface area contributed by atoms with Gasteiger partial charge in [0.15, 0.2) is 0 Å². The molecule has 0 aromatic carbocycles. The smallest absolute Gasteiger partial charge is 0.308 e. The van der Waals surface area contributed by atoms with Crippen LogP contribution in [0.1, 0.15) is 130 Å². The Bertz CT molecular complexity index is 795. The van der Waals surface area contributed by atoms with Gasteiger partial charge in [0.05, 0.1) is 5.92 Å². The van der Waals surface area contributed by atoms with Gasteiger partial charge in [0.1, 0.15) is 6.10 Å². The van der Waals surface area contributed by atoms with Crippen molar-refractivity contribution in [1.29, 1.82) is 0 Å². The van der Waals surface area contributed by atoms with Crippen molar-refractivity contribution in [2.24, 2.45) is 58.2 Å². The van der Waals surface area contributed by atoms with Crippen LogP contribution in [-0.2, 0) is 9.53 Å². The summed E-state index contributed by atoms with van der Waals surface area (Å²) in [5.41, 5.74) is 2.50. The highest BCUT2D eigenvalue weighted by Crippen LogP contribution is 2.67. The van der Waals surface area contributed by atoms with Crippen molar-refractivity contribution >= 4 is 5.97 Å². The number of fused-ring (bicyclic) bond motifs is 5. The lowest BCUT2D eigenvalue weighted by atomic mass is 9.47. The molecule has 0 aromatic rings. The van der Waals surface area contributed by atoms with Crippen LogP contribution in [0.2, 0.25) is 0 Å². The van der Waals surface area contributed by atoms with Crippen molar-refractivity contribution in [2.75, 3.05) is 0 Å². The molecule has 2 nitrogen and oxygen atoms in total. The van der Waals surface area contributed by atoms with Gasteiger partial charge in [-0.25, -0.2) is 0 Å². The lowest BCUT2D eigenvalue weighted by Gasteiger charge is -2.58. The fourth-order valence-electron chi connectivity index (χ4n) is 9.69. The van der Waals surface area contributed by atoms with Crippen LogP contribution in [0.15, 0.2) is 11.6 Å². The van der Waals surface area contributed by atoms with Crippen LogP contribution < -0.4 is 0 Å². The van der Waals surface area contributed by atoms with Gasteiger partial charge in [-0.05, 0) is 104 Å². The number of carbonyl (C=O) groups is 1. The zero-order valence-electron chi connectivity index (χ0n) is 24.4. The third kappa shape index (κ3) is 5.03. The molecule has 0 amide bonds. The molecule has 0 N–H and O–H groups in total. The lowest BCUT2D eigenvalue weighted by Crippen LogP contribution is -2.51. The molecule has 3 fully saturated rings. The topological polar surface area (TPSA) is 26.3 Å². The molecule has 0 saturated heterocycles. The molecule has 4 aliphatic carbocycles. The van der Waals surface area contributed by atoms with Crippen LogP contribution in [0, 0.1) is 58.2 Å². The maximum Gasteiger partial charge on any atom is 0.308 e. The van der Waals surface area contributed by atoms with Gasteiger partial charge in [0.25, 0.3) is 0 Å². The Balaban J connectivity index is 0.00000241. The quantitative estimate of drug-likeness (QED) is 0.250. The van der Waals surface area contributed by atoms with Gasteiger partial charge in [0, 0.05) is 10.7 Å². The second kappa shape index (κ2) is 10.5. The largest absolute Gasteiger partial charge is 0.462 e. The zero-order valence-corrected chi connectivity index (χ0v) is 24.4. The van der Waals surface area contributed by atoms with E-state index in [9.17, 15) is 4.79 Å². The summed E-state index contributed by atoms with van der Waals surface area (Å²) in [5, 5.41) is 0.